The van der Waals surface area contributed by atoms with Crippen molar-refractivity contribution in [1.29, 1.82) is 0 Å². The Kier molecular flexibility index (Phi) is 3.46. The van der Waals surface area contributed by atoms with Crippen LogP contribution < -0.4 is 0 Å². The third-order valence-corrected chi connectivity index (χ3v) is 2.61. The molecule has 0 spiro atoms. The number of carbonyl (C=O) groups is 1. The second kappa shape index (κ2) is 5.05. The van der Waals surface area contributed by atoms with E-state index in [1.54, 1.807) is 6.20 Å². The molecule has 0 aliphatic carbocycles. The fraction of sp³-hybridized carbons (Fsp3) is 0.333. The molecular weight excluding hydrogens is 246 g/mol. The fourth-order valence-corrected chi connectivity index (χ4v) is 1.75. The number of nitrogens with zero attached hydrogens (tertiary/aromatic N) is 5. The minimum absolute atomic E-state index is 0.0766. The van der Waals surface area contributed by atoms with Crippen molar-refractivity contribution in [3.63, 3.8) is 0 Å². The van der Waals surface area contributed by atoms with Crippen molar-refractivity contribution in [2.75, 3.05) is 0 Å². The van der Waals surface area contributed by atoms with E-state index in [0.29, 0.717) is 6.54 Å². The highest BCUT2D eigenvalue weighted by Crippen LogP contribution is 2.15. The summed E-state index contributed by atoms with van der Waals surface area (Å²) in [7, 11) is 0. The van der Waals surface area contributed by atoms with E-state index in [1.807, 2.05) is 24.6 Å². The molecule has 2 heterocycles. The minimum Gasteiger partial charge on any atom is -0.476 e. The summed E-state index contributed by atoms with van der Waals surface area (Å²) >= 11 is 0. The van der Waals surface area contributed by atoms with Gasteiger partial charge in [-0.3, -0.25) is 0 Å². The molecule has 0 aliphatic heterocycles. The third kappa shape index (κ3) is 2.70. The Labute approximate surface area is 110 Å². The minimum atomic E-state index is -1.09. The van der Waals surface area contributed by atoms with Gasteiger partial charge in [0.2, 0.25) is 0 Å². The zero-order valence-corrected chi connectivity index (χ0v) is 10.8. The molecule has 0 bridgehead atoms. The molecule has 7 nitrogen and oxygen atoms in total. The maximum atomic E-state index is 10.7. The number of imidazole rings is 1. The fourth-order valence-electron chi connectivity index (χ4n) is 1.75. The zero-order chi connectivity index (χ0) is 14.0. The van der Waals surface area contributed by atoms with Crippen molar-refractivity contribution in [2.24, 2.45) is 0 Å². The normalized spacial score (nSPS) is 10.9. The number of aromatic carboxylic acids is 1. The van der Waals surface area contributed by atoms with Gasteiger partial charge in [0.1, 0.15) is 5.82 Å². The number of hydrogen-bond donors (Lipinski definition) is 1. The Morgan fingerprint density at radius 3 is 2.74 bits per heavy atom. The molecule has 1 N–H and O–H groups in total. The van der Waals surface area contributed by atoms with Gasteiger partial charge in [0.25, 0.3) is 0 Å². The first-order chi connectivity index (χ1) is 9.01. The van der Waals surface area contributed by atoms with Crippen LogP contribution in [0, 0.1) is 0 Å². The van der Waals surface area contributed by atoms with E-state index in [9.17, 15) is 4.79 Å². The van der Waals surface area contributed by atoms with Crippen molar-refractivity contribution >= 4 is 12.2 Å². The van der Waals surface area contributed by atoms with Crippen LogP contribution in [0.25, 0.3) is 6.20 Å². The van der Waals surface area contributed by atoms with E-state index >= 15 is 0 Å². The predicted octanol–water partition coefficient (Wildman–Crippen LogP) is 1.44. The van der Waals surface area contributed by atoms with E-state index in [1.165, 1.54) is 10.9 Å². The van der Waals surface area contributed by atoms with Crippen LogP contribution in [0.5, 0.6) is 0 Å². The summed E-state index contributed by atoms with van der Waals surface area (Å²) in [5.41, 5.74) is 0.706. The summed E-state index contributed by atoms with van der Waals surface area (Å²) in [6.45, 7) is 8.20. The van der Waals surface area contributed by atoms with Crippen LogP contribution in [0.4, 0.5) is 0 Å². The molecule has 0 atom stereocenters. The monoisotopic (exact) mass is 261 g/mol. The molecule has 2 aromatic heterocycles. The van der Waals surface area contributed by atoms with Gasteiger partial charge >= 0.3 is 5.97 Å². The first-order valence-electron chi connectivity index (χ1n) is 5.85. The standard InChI is InChI=1S/C12H15N5O2/c1-4-16-5-9(13-11(16)8(2)3)6-17-7-10(12(18)19)14-15-17/h4-5,7-8H,1,6H2,2-3H3,(H,18,19). The van der Waals surface area contributed by atoms with Gasteiger partial charge in [-0.1, -0.05) is 25.6 Å². The Bertz CT molecular complexity index is 611. The van der Waals surface area contributed by atoms with E-state index < -0.39 is 5.97 Å². The molecule has 0 unspecified atom stereocenters. The Hall–Kier alpha value is -2.44. The maximum Gasteiger partial charge on any atom is 0.358 e. The van der Waals surface area contributed by atoms with Gasteiger partial charge in [-0.15, -0.1) is 5.10 Å². The van der Waals surface area contributed by atoms with E-state index in [0.717, 1.165) is 11.5 Å². The molecule has 0 aromatic carbocycles. The van der Waals surface area contributed by atoms with Gasteiger partial charge in [-0.25, -0.2) is 14.5 Å². The number of carboxylic acids is 1. The summed E-state index contributed by atoms with van der Waals surface area (Å²) in [4.78, 5) is 15.2. The lowest BCUT2D eigenvalue weighted by Crippen LogP contribution is -2.01. The largest absolute Gasteiger partial charge is 0.476 e. The number of hydrogen-bond acceptors (Lipinski definition) is 4. The van der Waals surface area contributed by atoms with Crippen molar-refractivity contribution < 1.29 is 9.90 Å². The Balaban J connectivity index is 2.23. The second-order valence-electron chi connectivity index (χ2n) is 4.44. The highest BCUT2D eigenvalue weighted by Gasteiger charge is 2.12. The van der Waals surface area contributed by atoms with Crippen LogP contribution in [-0.4, -0.2) is 35.6 Å². The van der Waals surface area contributed by atoms with Crippen molar-refractivity contribution in [3.8, 4) is 0 Å². The van der Waals surface area contributed by atoms with Crippen LogP contribution in [-0.2, 0) is 6.54 Å². The second-order valence-corrected chi connectivity index (χ2v) is 4.44. The smallest absolute Gasteiger partial charge is 0.358 e. The number of aromatic nitrogens is 5. The van der Waals surface area contributed by atoms with E-state index in [-0.39, 0.29) is 11.6 Å². The molecule has 0 fully saturated rings. The quantitative estimate of drug-likeness (QED) is 0.880. The topological polar surface area (TPSA) is 85.8 Å². The van der Waals surface area contributed by atoms with Gasteiger partial charge in [0, 0.05) is 18.3 Å². The van der Waals surface area contributed by atoms with Crippen molar-refractivity contribution in [2.45, 2.75) is 26.3 Å². The summed E-state index contributed by atoms with van der Waals surface area (Å²) < 4.78 is 3.30. The lowest BCUT2D eigenvalue weighted by molar-refractivity contribution is 0.0690. The van der Waals surface area contributed by atoms with Crippen LogP contribution >= 0.6 is 0 Å². The third-order valence-electron chi connectivity index (χ3n) is 2.61. The lowest BCUT2D eigenvalue weighted by atomic mass is 10.2. The van der Waals surface area contributed by atoms with Crippen LogP contribution in [0.15, 0.2) is 19.0 Å². The zero-order valence-electron chi connectivity index (χ0n) is 10.8. The number of carboxylic acid groups (broad SMARTS) is 1. The molecule has 0 aliphatic rings. The predicted molar refractivity (Wildman–Crippen MR) is 68.8 cm³/mol. The van der Waals surface area contributed by atoms with Gasteiger partial charge in [-0.2, -0.15) is 0 Å². The molecule has 0 radical (unpaired) electrons. The Morgan fingerprint density at radius 2 is 2.26 bits per heavy atom. The highest BCUT2D eigenvalue weighted by atomic mass is 16.4. The lowest BCUT2D eigenvalue weighted by Gasteiger charge is -2.03. The van der Waals surface area contributed by atoms with Crippen molar-refractivity contribution in [3.05, 3.63) is 36.2 Å². The molecule has 2 aromatic rings. The van der Waals surface area contributed by atoms with Gasteiger partial charge < -0.3 is 9.67 Å². The molecule has 2 rings (SSSR count). The van der Waals surface area contributed by atoms with Gasteiger partial charge in [-0.05, 0) is 0 Å². The average Bonchev–Trinajstić information content (AvgIpc) is 2.96. The summed E-state index contributed by atoms with van der Waals surface area (Å²) in [5.74, 6) is 0.0893. The highest BCUT2D eigenvalue weighted by molar-refractivity contribution is 5.84. The van der Waals surface area contributed by atoms with Gasteiger partial charge in [0.15, 0.2) is 5.69 Å². The van der Waals surface area contributed by atoms with Crippen LogP contribution in [0.2, 0.25) is 0 Å². The molecule has 19 heavy (non-hydrogen) atoms. The summed E-state index contributed by atoms with van der Waals surface area (Å²) in [6, 6.07) is 0. The summed E-state index contributed by atoms with van der Waals surface area (Å²) in [6.07, 6.45) is 4.92. The Morgan fingerprint density at radius 1 is 1.53 bits per heavy atom. The first-order valence-corrected chi connectivity index (χ1v) is 5.85. The first kappa shape index (κ1) is 13.0. The van der Waals surface area contributed by atoms with Crippen LogP contribution in [0.3, 0.4) is 0 Å². The average molecular weight is 261 g/mol. The van der Waals surface area contributed by atoms with E-state index in [4.69, 9.17) is 5.11 Å². The molecule has 0 saturated heterocycles. The molecular formula is C12H15N5O2. The summed E-state index contributed by atoms with van der Waals surface area (Å²) in [5, 5.41) is 16.1. The number of rotatable bonds is 5. The van der Waals surface area contributed by atoms with E-state index in [2.05, 4.69) is 21.9 Å². The maximum absolute atomic E-state index is 10.7. The van der Waals surface area contributed by atoms with Crippen molar-refractivity contribution in [1.82, 2.24) is 24.5 Å². The SMILES string of the molecule is C=Cn1cc(Cn2cc(C(=O)O)nn2)nc1C(C)C. The molecule has 0 amide bonds. The molecule has 7 heteroatoms. The van der Waals surface area contributed by atoms with Gasteiger partial charge in [0.05, 0.1) is 18.4 Å². The van der Waals surface area contributed by atoms with Crippen LogP contribution in [0.1, 0.15) is 41.8 Å². The molecule has 100 valence electrons. The molecule has 0 saturated carbocycles.